The van der Waals surface area contributed by atoms with E-state index in [4.69, 9.17) is 9.97 Å². The van der Waals surface area contributed by atoms with E-state index in [-0.39, 0.29) is 0 Å². The van der Waals surface area contributed by atoms with Gasteiger partial charge in [-0.3, -0.25) is 0 Å². The number of aromatic amines is 2. The van der Waals surface area contributed by atoms with Crippen molar-refractivity contribution in [3.63, 3.8) is 0 Å². The Labute approximate surface area is 257 Å². The monoisotopic (exact) mass is 566 g/mol. The second-order valence-electron chi connectivity index (χ2n) is 10.9. The Kier molecular flexibility index (Phi) is 6.82. The van der Waals surface area contributed by atoms with E-state index >= 15 is 0 Å². The molecule has 4 nitrogen and oxygen atoms in total. The van der Waals surface area contributed by atoms with Gasteiger partial charge in [0.25, 0.3) is 0 Å². The zero-order chi connectivity index (χ0) is 30.2. The lowest BCUT2D eigenvalue weighted by Gasteiger charge is -2.05. The molecule has 0 aliphatic carbocycles. The molecule has 2 aliphatic heterocycles. The number of H-pyrrole nitrogens is 2. The van der Waals surface area contributed by atoms with E-state index in [0.29, 0.717) is 0 Å². The SMILES string of the molecule is CC#Cc1ccc(-c2c3nc(c(C)c4nc(c(-c5ccc(C#CC)cc5)c5ccc([nH]5)c(C)c5ccc2[nH]5)C=C4)C=C3)cc1. The van der Waals surface area contributed by atoms with Gasteiger partial charge >= 0.3 is 0 Å². The minimum absolute atomic E-state index is 0.906. The van der Waals surface area contributed by atoms with Crippen LogP contribution in [0.25, 0.3) is 68.6 Å². The third kappa shape index (κ3) is 4.83. The third-order valence-electron chi connectivity index (χ3n) is 8.17. The smallest absolute Gasteiger partial charge is 0.0737 e. The zero-order valence-corrected chi connectivity index (χ0v) is 25.1. The van der Waals surface area contributed by atoms with Crippen LogP contribution in [0.2, 0.25) is 0 Å². The summed E-state index contributed by atoms with van der Waals surface area (Å²) in [7, 11) is 0. The number of aryl methyl sites for hydroxylation is 1. The highest BCUT2D eigenvalue weighted by molar-refractivity contribution is 5.94. The van der Waals surface area contributed by atoms with Crippen molar-refractivity contribution in [2.45, 2.75) is 27.7 Å². The fourth-order valence-corrected chi connectivity index (χ4v) is 5.83. The van der Waals surface area contributed by atoms with Gasteiger partial charge in [-0.05, 0) is 117 Å². The fourth-order valence-electron chi connectivity index (χ4n) is 5.83. The molecule has 210 valence electrons. The van der Waals surface area contributed by atoms with E-state index in [1.807, 2.05) is 13.8 Å². The molecule has 2 aromatic carbocycles. The quantitative estimate of drug-likeness (QED) is 0.205. The average Bonchev–Trinajstić information content (AvgIpc) is 3.87. The summed E-state index contributed by atoms with van der Waals surface area (Å²) in [6.45, 7) is 7.94. The molecule has 0 fully saturated rings. The third-order valence-corrected chi connectivity index (χ3v) is 8.17. The van der Waals surface area contributed by atoms with Crippen molar-refractivity contribution in [1.82, 2.24) is 19.9 Å². The van der Waals surface area contributed by atoms with Crippen LogP contribution in [-0.4, -0.2) is 19.9 Å². The molecule has 0 spiro atoms. The average molecular weight is 567 g/mol. The standard InChI is InChI=1S/C40H30N4/c1-5-7-27-9-13-29(14-10-27)39-35-21-17-31(41-35)25(3)33-19-23-37(43-33)40(30-15-11-28(8-6-2)12-16-30)38-24-20-34(44-38)26(4)32-18-22-36(39)42-32/h9-24,41,43H,1-4H3. The topological polar surface area (TPSA) is 57.4 Å². The lowest BCUT2D eigenvalue weighted by atomic mass is 10.0. The molecule has 0 unspecified atom stereocenters. The second kappa shape index (κ2) is 11.1. The van der Waals surface area contributed by atoms with Crippen molar-refractivity contribution in [3.05, 3.63) is 118 Å². The molecule has 0 atom stereocenters. The number of hydrogen-bond donors (Lipinski definition) is 2. The molecule has 2 N–H and O–H groups in total. The van der Waals surface area contributed by atoms with Crippen LogP contribution < -0.4 is 0 Å². The first-order valence-electron chi connectivity index (χ1n) is 14.7. The maximum atomic E-state index is 5.14. The molecule has 44 heavy (non-hydrogen) atoms. The maximum absolute atomic E-state index is 5.14. The Bertz CT molecular complexity index is 2140. The minimum atomic E-state index is 0.906. The highest BCUT2D eigenvalue weighted by atomic mass is 14.8. The first-order valence-corrected chi connectivity index (χ1v) is 14.7. The zero-order valence-electron chi connectivity index (χ0n) is 25.1. The lowest BCUT2D eigenvalue weighted by molar-refractivity contribution is 1.21. The number of hydrogen-bond acceptors (Lipinski definition) is 2. The molecule has 0 amide bonds. The van der Waals surface area contributed by atoms with Crippen LogP contribution in [-0.2, 0) is 0 Å². The Morgan fingerprint density at radius 3 is 1.25 bits per heavy atom. The van der Waals surface area contributed by atoms with Gasteiger partial charge in [-0.15, -0.1) is 11.8 Å². The van der Waals surface area contributed by atoms with Gasteiger partial charge < -0.3 is 9.97 Å². The molecule has 8 bridgehead atoms. The molecular weight excluding hydrogens is 536 g/mol. The van der Waals surface area contributed by atoms with Crippen molar-refractivity contribution in [2.24, 2.45) is 0 Å². The summed E-state index contributed by atoms with van der Waals surface area (Å²) in [5.74, 6) is 12.3. The summed E-state index contributed by atoms with van der Waals surface area (Å²) in [5.41, 5.74) is 16.1. The van der Waals surface area contributed by atoms with Crippen LogP contribution in [0.1, 0.15) is 58.9 Å². The van der Waals surface area contributed by atoms with Crippen molar-refractivity contribution in [2.75, 3.05) is 0 Å². The Morgan fingerprint density at radius 2 is 0.841 bits per heavy atom. The van der Waals surface area contributed by atoms with Crippen LogP contribution in [0.4, 0.5) is 0 Å². The van der Waals surface area contributed by atoms with Gasteiger partial charge in [-0.25, -0.2) is 9.97 Å². The summed E-state index contributed by atoms with van der Waals surface area (Å²) in [6, 6.07) is 25.3. The largest absolute Gasteiger partial charge is 0.355 e. The first-order chi connectivity index (χ1) is 21.5. The number of nitrogens with one attached hydrogen (secondary N) is 2. The molecule has 0 saturated carbocycles. The number of fused-ring (bicyclic) bond motifs is 8. The van der Waals surface area contributed by atoms with E-state index in [1.165, 1.54) is 0 Å². The van der Waals surface area contributed by atoms with E-state index in [1.54, 1.807) is 0 Å². The van der Waals surface area contributed by atoms with Gasteiger partial charge in [0.1, 0.15) is 0 Å². The molecular formula is C40H30N4. The van der Waals surface area contributed by atoms with E-state index in [0.717, 1.165) is 89.4 Å². The van der Waals surface area contributed by atoms with Crippen molar-refractivity contribution in [1.29, 1.82) is 0 Å². The van der Waals surface area contributed by atoms with Crippen LogP contribution in [0, 0.1) is 37.5 Å². The summed E-state index contributed by atoms with van der Waals surface area (Å²) in [4.78, 5) is 17.7. The molecule has 3 aromatic heterocycles. The number of aromatic nitrogens is 4. The highest BCUT2D eigenvalue weighted by Crippen LogP contribution is 2.34. The highest BCUT2D eigenvalue weighted by Gasteiger charge is 2.16. The Morgan fingerprint density at radius 1 is 0.455 bits per heavy atom. The van der Waals surface area contributed by atoms with E-state index < -0.39 is 0 Å². The molecule has 4 heteroatoms. The fraction of sp³-hybridized carbons (Fsp3) is 0.100. The number of rotatable bonds is 2. The molecule has 0 radical (unpaired) electrons. The first kappa shape index (κ1) is 27.0. The van der Waals surface area contributed by atoms with Crippen molar-refractivity contribution >= 4 is 46.4 Å². The van der Waals surface area contributed by atoms with Gasteiger partial charge in [0.05, 0.1) is 22.8 Å². The predicted octanol–water partition coefficient (Wildman–Crippen LogP) is 9.35. The van der Waals surface area contributed by atoms with Gasteiger partial charge in [0.2, 0.25) is 0 Å². The summed E-state index contributed by atoms with van der Waals surface area (Å²) in [6.07, 6.45) is 8.37. The summed E-state index contributed by atoms with van der Waals surface area (Å²) in [5, 5.41) is 0. The van der Waals surface area contributed by atoms with Gasteiger partial charge in [0, 0.05) is 49.9 Å². The van der Waals surface area contributed by atoms with Crippen molar-refractivity contribution in [3.8, 4) is 45.9 Å². The van der Waals surface area contributed by atoms with Crippen LogP contribution >= 0.6 is 0 Å². The van der Waals surface area contributed by atoms with E-state index in [2.05, 4.69) is 145 Å². The molecule has 5 aromatic rings. The van der Waals surface area contributed by atoms with Crippen LogP contribution in [0.3, 0.4) is 0 Å². The molecule has 5 heterocycles. The Hall–Kier alpha value is -5.84. The molecule has 2 aliphatic rings. The lowest BCUT2D eigenvalue weighted by Crippen LogP contribution is -1.90. The van der Waals surface area contributed by atoms with Crippen molar-refractivity contribution < 1.29 is 0 Å². The summed E-state index contributed by atoms with van der Waals surface area (Å²) >= 11 is 0. The van der Waals surface area contributed by atoms with Gasteiger partial charge in [-0.2, -0.15) is 0 Å². The number of nitrogens with zero attached hydrogens (tertiary/aromatic N) is 2. The minimum Gasteiger partial charge on any atom is -0.355 e. The molecule has 7 rings (SSSR count). The molecule has 0 saturated heterocycles. The van der Waals surface area contributed by atoms with Gasteiger partial charge in [-0.1, -0.05) is 36.1 Å². The Balaban J connectivity index is 1.55. The van der Waals surface area contributed by atoms with Gasteiger partial charge in [0.15, 0.2) is 0 Å². The number of benzene rings is 2. The summed E-state index contributed by atoms with van der Waals surface area (Å²) < 4.78 is 0. The maximum Gasteiger partial charge on any atom is 0.0737 e. The van der Waals surface area contributed by atoms with Crippen LogP contribution in [0.15, 0.2) is 72.8 Å². The van der Waals surface area contributed by atoms with E-state index in [9.17, 15) is 0 Å². The van der Waals surface area contributed by atoms with Crippen LogP contribution in [0.5, 0.6) is 0 Å². The normalized spacial score (nSPS) is 11.5. The second-order valence-corrected chi connectivity index (χ2v) is 10.9. The predicted molar refractivity (Wildman–Crippen MR) is 184 cm³/mol.